The zero-order chi connectivity index (χ0) is 10.9. The third kappa shape index (κ3) is 1.74. The van der Waals surface area contributed by atoms with E-state index in [9.17, 15) is 14.7 Å². The van der Waals surface area contributed by atoms with E-state index >= 15 is 0 Å². The molecule has 14 heavy (non-hydrogen) atoms. The van der Waals surface area contributed by atoms with Crippen LogP contribution in [0.4, 0.5) is 0 Å². The third-order valence-corrected chi connectivity index (χ3v) is 1.91. The largest absolute Gasteiger partial charge is 0.507 e. The molecule has 2 N–H and O–H groups in total. The van der Waals surface area contributed by atoms with Crippen molar-refractivity contribution in [1.29, 1.82) is 0 Å². The number of phenolic OH excluding ortho intramolecular Hbond substituents is 1. The Balaban J connectivity index is 3.39. The molecule has 0 heterocycles. The minimum Gasteiger partial charge on any atom is -0.507 e. The van der Waals surface area contributed by atoms with Gasteiger partial charge in [0.15, 0.2) is 5.78 Å². The molecule has 0 aliphatic carbocycles. The second-order valence-corrected chi connectivity index (χ2v) is 3.05. The molecule has 0 unspecified atom stereocenters. The van der Waals surface area contributed by atoms with Crippen molar-refractivity contribution in [2.75, 3.05) is 0 Å². The van der Waals surface area contributed by atoms with Crippen LogP contribution >= 0.6 is 0 Å². The Labute approximate surface area is 80.8 Å². The maximum absolute atomic E-state index is 11.1. The van der Waals surface area contributed by atoms with Gasteiger partial charge in [-0.3, -0.25) is 4.79 Å². The number of Topliss-reactive ketones (excluding diaryl/α,β-unsaturated/α-hetero) is 1. The van der Waals surface area contributed by atoms with Crippen molar-refractivity contribution in [3.63, 3.8) is 0 Å². The topological polar surface area (TPSA) is 74.6 Å². The number of rotatable bonds is 2. The number of benzene rings is 1. The van der Waals surface area contributed by atoms with Crippen LogP contribution in [0.1, 0.15) is 33.2 Å². The maximum Gasteiger partial charge on any atom is 0.335 e. The maximum atomic E-state index is 11.1. The molecule has 1 rings (SSSR count). The van der Waals surface area contributed by atoms with Gasteiger partial charge in [-0.15, -0.1) is 0 Å². The number of aryl methyl sites for hydroxylation is 1. The molecule has 1 aromatic carbocycles. The van der Waals surface area contributed by atoms with Crippen molar-refractivity contribution in [1.82, 2.24) is 0 Å². The fourth-order valence-electron chi connectivity index (χ4n) is 1.35. The van der Waals surface area contributed by atoms with E-state index in [-0.39, 0.29) is 22.7 Å². The molecule has 0 atom stereocenters. The van der Waals surface area contributed by atoms with E-state index in [0.29, 0.717) is 5.56 Å². The van der Waals surface area contributed by atoms with Crippen molar-refractivity contribution in [3.8, 4) is 5.75 Å². The lowest BCUT2D eigenvalue weighted by Gasteiger charge is -2.06. The van der Waals surface area contributed by atoms with Crippen LogP contribution in [0.5, 0.6) is 5.75 Å². The monoisotopic (exact) mass is 194 g/mol. The van der Waals surface area contributed by atoms with Crippen LogP contribution in [0.3, 0.4) is 0 Å². The van der Waals surface area contributed by atoms with Crippen molar-refractivity contribution < 1.29 is 19.8 Å². The molecule has 1 aromatic rings. The Kier molecular flexibility index (Phi) is 2.56. The molecule has 4 nitrogen and oxygen atoms in total. The van der Waals surface area contributed by atoms with Crippen LogP contribution in [0, 0.1) is 6.92 Å². The lowest BCUT2D eigenvalue weighted by atomic mass is 10.0. The van der Waals surface area contributed by atoms with Crippen molar-refractivity contribution >= 4 is 11.8 Å². The van der Waals surface area contributed by atoms with E-state index < -0.39 is 5.97 Å². The van der Waals surface area contributed by atoms with Gasteiger partial charge in [0.1, 0.15) is 5.75 Å². The van der Waals surface area contributed by atoms with E-state index in [4.69, 9.17) is 5.11 Å². The van der Waals surface area contributed by atoms with Gasteiger partial charge < -0.3 is 10.2 Å². The van der Waals surface area contributed by atoms with Crippen LogP contribution in [0.25, 0.3) is 0 Å². The molecular weight excluding hydrogens is 184 g/mol. The molecule has 0 bridgehead atoms. The molecule has 0 radical (unpaired) electrons. The van der Waals surface area contributed by atoms with Gasteiger partial charge in [0, 0.05) is 0 Å². The van der Waals surface area contributed by atoms with Gasteiger partial charge in [-0.25, -0.2) is 4.79 Å². The summed E-state index contributed by atoms with van der Waals surface area (Å²) in [4.78, 5) is 21.7. The number of aromatic hydroxyl groups is 1. The zero-order valence-corrected chi connectivity index (χ0v) is 7.87. The van der Waals surface area contributed by atoms with Crippen LogP contribution in [-0.4, -0.2) is 22.0 Å². The van der Waals surface area contributed by atoms with Gasteiger partial charge in [0.2, 0.25) is 0 Å². The van der Waals surface area contributed by atoms with Crippen LogP contribution in [-0.2, 0) is 0 Å². The van der Waals surface area contributed by atoms with E-state index in [1.54, 1.807) is 6.92 Å². The summed E-state index contributed by atoms with van der Waals surface area (Å²) >= 11 is 0. The second kappa shape index (κ2) is 3.49. The highest BCUT2D eigenvalue weighted by Gasteiger charge is 2.14. The van der Waals surface area contributed by atoms with Crippen LogP contribution < -0.4 is 0 Å². The smallest absolute Gasteiger partial charge is 0.335 e. The molecule has 0 amide bonds. The number of carbonyl (C=O) groups excluding carboxylic acids is 1. The van der Waals surface area contributed by atoms with Crippen LogP contribution in [0.2, 0.25) is 0 Å². The lowest BCUT2D eigenvalue weighted by Crippen LogP contribution is -2.02. The quantitative estimate of drug-likeness (QED) is 0.701. The number of hydrogen-bond acceptors (Lipinski definition) is 3. The molecule has 0 aromatic heterocycles. The first-order chi connectivity index (χ1) is 6.43. The number of carbonyl (C=O) groups is 2. The molecule has 0 spiro atoms. The predicted octanol–water partition coefficient (Wildman–Crippen LogP) is 1.60. The Morgan fingerprint density at radius 1 is 1.29 bits per heavy atom. The van der Waals surface area contributed by atoms with E-state index in [0.717, 1.165) is 6.07 Å². The molecule has 4 heteroatoms. The summed E-state index contributed by atoms with van der Waals surface area (Å²) in [6.45, 7) is 2.91. The normalized spacial score (nSPS) is 9.86. The summed E-state index contributed by atoms with van der Waals surface area (Å²) in [6, 6.07) is 2.44. The highest BCUT2D eigenvalue weighted by Crippen LogP contribution is 2.23. The van der Waals surface area contributed by atoms with Gasteiger partial charge in [0.05, 0.1) is 11.1 Å². The summed E-state index contributed by atoms with van der Waals surface area (Å²) in [5.74, 6) is -1.69. The Morgan fingerprint density at radius 3 is 2.21 bits per heavy atom. The molecule has 0 fully saturated rings. The summed E-state index contributed by atoms with van der Waals surface area (Å²) in [7, 11) is 0. The number of carboxylic acids is 1. The summed E-state index contributed by atoms with van der Waals surface area (Å²) in [6.07, 6.45) is 0. The SMILES string of the molecule is CC(=O)c1c(C)cc(C(=O)O)cc1O. The molecular formula is C10H10O4. The summed E-state index contributed by atoms with van der Waals surface area (Å²) in [5.41, 5.74) is 0.620. The summed E-state index contributed by atoms with van der Waals surface area (Å²) in [5, 5.41) is 18.1. The second-order valence-electron chi connectivity index (χ2n) is 3.05. The zero-order valence-electron chi connectivity index (χ0n) is 7.87. The first kappa shape index (κ1) is 10.2. The molecule has 0 aliphatic rings. The fraction of sp³-hybridized carbons (Fsp3) is 0.200. The first-order valence-corrected chi connectivity index (χ1v) is 4.01. The average Bonchev–Trinajstić information content (AvgIpc) is 2.01. The summed E-state index contributed by atoms with van der Waals surface area (Å²) < 4.78 is 0. The highest BCUT2D eigenvalue weighted by molar-refractivity contribution is 6.00. The van der Waals surface area contributed by atoms with Crippen molar-refractivity contribution in [2.45, 2.75) is 13.8 Å². The van der Waals surface area contributed by atoms with E-state index in [1.807, 2.05) is 0 Å². The minimum absolute atomic E-state index is 0.0231. The minimum atomic E-state index is -1.13. The van der Waals surface area contributed by atoms with Crippen molar-refractivity contribution in [2.24, 2.45) is 0 Å². The first-order valence-electron chi connectivity index (χ1n) is 4.01. The van der Waals surface area contributed by atoms with Gasteiger partial charge in [-0.1, -0.05) is 0 Å². The average molecular weight is 194 g/mol. The molecule has 0 saturated heterocycles. The number of hydrogen-bond donors (Lipinski definition) is 2. The number of carboxylic acid groups (broad SMARTS) is 1. The standard InChI is InChI=1S/C10H10O4/c1-5-3-7(10(13)14)4-8(12)9(5)6(2)11/h3-4,12H,1-2H3,(H,13,14). The van der Waals surface area contributed by atoms with Gasteiger partial charge in [0.25, 0.3) is 0 Å². The number of aromatic carboxylic acids is 1. The lowest BCUT2D eigenvalue weighted by molar-refractivity contribution is 0.0695. The third-order valence-electron chi connectivity index (χ3n) is 1.91. The number of ketones is 1. The number of phenols is 1. The Morgan fingerprint density at radius 2 is 1.86 bits per heavy atom. The molecule has 74 valence electrons. The molecule has 0 aliphatic heterocycles. The fourth-order valence-corrected chi connectivity index (χ4v) is 1.35. The predicted molar refractivity (Wildman–Crippen MR) is 49.8 cm³/mol. The van der Waals surface area contributed by atoms with Gasteiger partial charge >= 0.3 is 5.97 Å². The van der Waals surface area contributed by atoms with Crippen LogP contribution in [0.15, 0.2) is 12.1 Å². The Bertz CT molecular complexity index is 384. The highest BCUT2D eigenvalue weighted by atomic mass is 16.4. The Hall–Kier alpha value is -1.84. The van der Waals surface area contributed by atoms with Gasteiger partial charge in [-0.2, -0.15) is 0 Å². The van der Waals surface area contributed by atoms with E-state index in [2.05, 4.69) is 0 Å². The van der Waals surface area contributed by atoms with Crippen molar-refractivity contribution in [3.05, 3.63) is 28.8 Å². The molecule has 0 saturated carbocycles. The van der Waals surface area contributed by atoms with E-state index in [1.165, 1.54) is 13.0 Å². The van der Waals surface area contributed by atoms with Gasteiger partial charge in [-0.05, 0) is 31.5 Å².